The van der Waals surface area contributed by atoms with Gasteiger partial charge >= 0.3 is 0 Å². The second kappa shape index (κ2) is 7.37. The van der Waals surface area contributed by atoms with Gasteiger partial charge in [-0.05, 0) is 19.4 Å². The van der Waals surface area contributed by atoms with Crippen LogP contribution in [0.15, 0.2) is 60.1 Å². The Bertz CT molecular complexity index is 1080. The Balaban J connectivity index is 1.46. The number of amides is 1. The average molecular weight is 375 g/mol. The highest BCUT2D eigenvalue weighted by Crippen LogP contribution is 2.24. The summed E-state index contributed by atoms with van der Waals surface area (Å²) in [6.07, 6.45) is 2.36. The third kappa shape index (κ3) is 3.93. The maximum Gasteiger partial charge on any atom is 0.226 e. The van der Waals surface area contributed by atoms with Crippen molar-refractivity contribution < 1.29 is 4.79 Å². The van der Waals surface area contributed by atoms with E-state index in [2.05, 4.69) is 55.6 Å². The molecule has 0 spiro atoms. The molecular weight excluding hydrogens is 354 g/mol. The maximum absolute atomic E-state index is 12.4. The number of nitrogens with one attached hydrogen (secondary N) is 1. The van der Waals surface area contributed by atoms with E-state index in [1.165, 1.54) is 11.1 Å². The minimum atomic E-state index is 0.0147. The molecule has 2 aromatic carbocycles. The molecule has 0 bridgehead atoms. The quantitative estimate of drug-likeness (QED) is 0.557. The van der Waals surface area contributed by atoms with Crippen LogP contribution in [-0.4, -0.2) is 15.3 Å². The molecule has 0 saturated carbocycles. The van der Waals surface area contributed by atoms with Gasteiger partial charge in [0.1, 0.15) is 0 Å². The monoisotopic (exact) mass is 375 g/mol. The van der Waals surface area contributed by atoms with E-state index in [-0.39, 0.29) is 5.91 Å². The molecule has 1 amide bonds. The van der Waals surface area contributed by atoms with Crippen LogP contribution in [0.25, 0.3) is 16.2 Å². The van der Waals surface area contributed by atoms with Crippen LogP contribution in [0.1, 0.15) is 22.4 Å². The highest BCUT2D eigenvalue weighted by molar-refractivity contribution is 7.15. The lowest BCUT2D eigenvalue weighted by Gasteiger charge is -2.05. The third-order valence-corrected chi connectivity index (χ3v) is 5.47. The first-order valence-electron chi connectivity index (χ1n) is 8.93. The first kappa shape index (κ1) is 17.5. The molecule has 5 heteroatoms. The van der Waals surface area contributed by atoms with Crippen molar-refractivity contribution in [2.45, 2.75) is 26.8 Å². The number of thiazole rings is 1. The summed E-state index contributed by atoms with van der Waals surface area (Å²) in [5.74, 6) is 0.0147. The van der Waals surface area contributed by atoms with Crippen molar-refractivity contribution in [3.05, 3.63) is 82.5 Å². The Hall–Kier alpha value is -2.92. The molecule has 27 heavy (non-hydrogen) atoms. The van der Waals surface area contributed by atoms with Crippen molar-refractivity contribution in [2.24, 2.45) is 0 Å². The lowest BCUT2D eigenvalue weighted by atomic mass is 10.1. The van der Waals surface area contributed by atoms with Crippen molar-refractivity contribution in [2.75, 3.05) is 0 Å². The van der Waals surface area contributed by atoms with E-state index >= 15 is 0 Å². The summed E-state index contributed by atoms with van der Waals surface area (Å²) < 4.78 is 2.02. The SMILES string of the molecule is Cc1ccc(CNC(=O)Cc2csc3nc(-c4ccc(C)cc4)cn23)cc1. The van der Waals surface area contributed by atoms with E-state index in [9.17, 15) is 4.79 Å². The summed E-state index contributed by atoms with van der Waals surface area (Å²) in [5.41, 5.74) is 6.53. The van der Waals surface area contributed by atoms with Gasteiger partial charge in [0, 0.05) is 29.4 Å². The zero-order chi connectivity index (χ0) is 18.8. The number of nitrogens with zero attached hydrogens (tertiary/aromatic N) is 2. The molecule has 0 aliphatic carbocycles. The smallest absolute Gasteiger partial charge is 0.226 e. The van der Waals surface area contributed by atoms with Crippen molar-refractivity contribution >= 4 is 22.2 Å². The molecule has 4 aromatic rings. The van der Waals surface area contributed by atoms with Crippen molar-refractivity contribution in [3.8, 4) is 11.3 Å². The predicted molar refractivity (Wildman–Crippen MR) is 110 cm³/mol. The van der Waals surface area contributed by atoms with E-state index in [0.717, 1.165) is 27.5 Å². The van der Waals surface area contributed by atoms with Gasteiger partial charge in [-0.25, -0.2) is 4.98 Å². The van der Waals surface area contributed by atoms with Crippen LogP contribution in [0, 0.1) is 13.8 Å². The second-order valence-corrected chi connectivity index (χ2v) is 7.65. The van der Waals surface area contributed by atoms with E-state index < -0.39 is 0 Å². The van der Waals surface area contributed by atoms with Gasteiger partial charge in [-0.1, -0.05) is 59.7 Å². The molecule has 0 radical (unpaired) electrons. The lowest BCUT2D eigenvalue weighted by molar-refractivity contribution is -0.120. The molecule has 0 aliphatic rings. The van der Waals surface area contributed by atoms with Gasteiger partial charge in [-0.2, -0.15) is 0 Å². The number of rotatable bonds is 5. The molecule has 0 unspecified atom stereocenters. The number of carbonyl (C=O) groups is 1. The highest BCUT2D eigenvalue weighted by Gasteiger charge is 2.12. The number of imidazole rings is 1. The van der Waals surface area contributed by atoms with Gasteiger partial charge in [-0.3, -0.25) is 9.20 Å². The molecule has 4 nitrogen and oxygen atoms in total. The maximum atomic E-state index is 12.4. The molecule has 0 saturated heterocycles. The molecule has 1 N–H and O–H groups in total. The van der Waals surface area contributed by atoms with E-state index in [0.29, 0.717) is 13.0 Å². The Kier molecular flexibility index (Phi) is 4.77. The molecule has 0 aliphatic heterocycles. The Morgan fingerprint density at radius 1 is 1.04 bits per heavy atom. The topological polar surface area (TPSA) is 46.4 Å². The number of hydrogen-bond donors (Lipinski definition) is 1. The molecule has 136 valence electrons. The van der Waals surface area contributed by atoms with Crippen LogP contribution in [0.5, 0.6) is 0 Å². The first-order valence-corrected chi connectivity index (χ1v) is 9.81. The van der Waals surface area contributed by atoms with Crippen LogP contribution >= 0.6 is 11.3 Å². The van der Waals surface area contributed by atoms with Crippen molar-refractivity contribution in [3.63, 3.8) is 0 Å². The summed E-state index contributed by atoms with van der Waals surface area (Å²) in [7, 11) is 0. The van der Waals surface area contributed by atoms with Gasteiger partial charge in [-0.15, -0.1) is 11.3 Å². The largest absolute Gasteiger partial charge is 0.352 e. The summed E-state index contributed by atoms with van der Waals surface area (Å²) >= 11 is 1.56. The number of aromatic nitrogens is 2. The van der Waals surface area contributed by atoms with Crippen LogP contribution in [0.2, 0.25) is 0 Å². The second-order valence-electron chi connectivity index (χ2n) is 6.81. The zero-order valence-electron chi connectivity index (χ0n) is 15.4. The van der Waals surface area contributed by atoms with Gasteiger partial charge < -0.3 is 5.32 Å². The fourth-order valence-electron chi connectivity index (χ4n) is 2.95. The fourth-order valence-corrected chi connectivity index (χ4v) is 3.83. The number of carbonyl (C=O) groups excluding carboxylic acids is 1. The molecule has 4 rings (SSSR count). The van der Waals surface area contributed by atoms with Crippen molar-refractivity contribution in [1.82, 2.24) is 14.7 Å². The number of fused-ring (bicyclic) bond motifs is 1. The van der Waals surface area contributed by atoms with Gasteiger partial charge in [0.05, 0.1) is 12.1 Å². The van der Waals surface area contributed by atoms with Crippen LogP contribution in [0.4, 0.5) is 0 Å². The Morgan fingerprint density at radius 3 is 2.41 bits per heavy atom. The van der Waals surface area contributed by atoms with Crippen molar-refractivity contribution in [1.29, 1.82) is 0 Å². The fraction of sp³-hybridized carbons (Fsp3) is 0.182. The normalized spacial score (nSPS) is 11.0. The zero-order valence-corrected chi connectivity index (χ0v) is 16.2. The van der Waals surface area contributed by atoms with E-state index in [4.69, 9.17) is 4.98 Å². The molecule has 0 fully saturated rings. The molecule has 2 heterocycles. The molecule has 0 atom stereocenters. The number of aryl methyl sites for hydroxylation is 2. The summed E-state index contributed by atoms with van der Waals surface area (Å²) in [6, 6.07) is 16.5. The van der Waals surface area contributed by atoms with Crippen LogP contribution in [-0.2, 0) is 17.8 Å². The highest BCUT2D eigenvalue weighted by atomic mass is 32.1. The Labute approximate surface area is 162 Å². The summed E-state index contributed by atoms with van der Waals surface area (Å²) in [4.78, 5) is 18.0. The summed E-state index contributed by atoms with van der Waals surface area (Å²) in [6.45, 7) is 4.67. The standard InChI is InChI=1S/C22H21N3OS/c1-15-3-7-17(8-4-15)12-23-21(26)11-19-14-27-22-24-20(13-25(19)22)18-9-5-16(2)6-10-18/h3-10,13-14H,11-12H2,1-2H3,(H,23,26). The van der Waals surface area contributed by atoms with Gasteiger partial charge in [0.2, 0.25) is 5.91 Å². The summed E-state index contributed by atoms with van der Waals surface area (Å²) in [5, 5.41) is 5.00. The lowest BCUT2D eigenvalue weighted by Crippen LogP contribution is -2.24. The number of hydrogen-bond acceptors (Lipinski definition) is 3. The van der Waals surface area contributed by atoms with Gasteiger partial charge in [0.15, 0.2) is 4.96 Å². The molecule has 2 aromatic heterocycles. The van der Waals surface area contributed by atoms with E-state index in [1.807, 2.05) is 28.1 Å². The minimum absolute atomic E-state index is 0.0147. The molecular formula is C22H21N3OS. The number of benzene rings is 2. The first-order chi connectivity index (χ1) is 13.1. The Morgan fingerprint density at radius 2 is 1.70 bits per heavy atom. The van der Waals surface area contributed by atoms with Crippen LogP contribution < -0.4 is 5.32 Å². The van der Waals surface area contributed by atoms with Crippen LogP contribution in [0.3, 0.4) is 0 Å². The predicted octanol–water partition coefficient (Wildman–Crippen LogP) is 4.54. The third-order valence-electron chi connectivity index (χ3n) is 4.58. The average Bonchev–Trinajstić information content (AvgIpc) is 3.24. The minimum Gasteiger partial charge on any atom is -0.352 e. The van der Waals surface area contributed by atoms with Gasteiger partial charge in [0.25, 0.3) is 0 Å². The van der Waals surface area contributed by atoms with E-state index in [1.54, 1.807) is 11.3 Å².